The van der Waals surface area contributed by atoms with E-state index in [-0.39, 0.29) is 40.8 Å². The minimum absolute atomic E-state index is 0.0285. The SMILES string of the molecule is C=CC(=O)N1CCN(c2nc(OCC3CC(c4csc5c4CCC4(CCc6c(nc(OCC7CCCN7C)nc6N6CCN(C(=O)C=C)CC6CC=NC)C4)C5)CN3C)nc3c2CCC2(CCc4sccc4C2)C3)C(CC=NC)C1. The van der Waals surface area contributed by atoms with Crippen molar-refractivity contribution < 1.29 is 19.1 Å². The maximum absolute atomic E-state index is 12.9. The Kier molecular flexibility index (Phi) is 16.1. The summed E-state index contributed by atoms with van der Waals surface area (Å²) in [5.74, 6) is 2.32. The van der Waals surface area contributed by atoms with Crippen molar-refractivity contribution >= 4 is 58.6 Å². The lowest BCUT2D eigenvalue weighted by molar-refractivity contribution is -0.127. The van der Waals surface area contributed by atoms with Gasteiger partial charge in [0.1, 0.15) is 24.8 Å². The van der Waals surface area contributed by atoms with Gasteiger partial charge >= 0.3 is 12.0 Å². The summed E-state index contributed by atoms with van der Waals surface area (Å²) in [6, 6.07) is 3.95. The van der Waals surface area contributed by atoms with Crippen LogP contribution in [0.25, 0.3) is 0 Å². The Labute approximate surface area is 481 Å². The zero-order valence-corrected chi connectivity index (χ0v) is 49.4. The first-order chi connectivity index (χ1) is 38.9. The molecule has 0 saturated carbocycles. The number of thiophene rings is 2. The predicted molar refractivity (Wildman–Crippen MR) is 320 cm³/mol. The fourth-order valence-electron chi connectivity index (χ4n) is 15.3. The topological polar surface area (TPSA) is 148 Å². The molecular formula is C62H82N12O4S2. The molecule has 0 aromatic carbocycles. The number of hydrogen-bond donors (Lipinski definition) is 0. The Hall–Kier alpha value is -5.56. The number of rotatable bonds is 15. The van der Waals surface area contributed by atoms with E-state index in [2.05, 4.69) is 73.7 Å². The van der Waals surface area contributed by atoms with E-state index in [1.165, 1.54) is 47.2 Å². The Morgan fingerprint density at radius 2 is 1.24 bits per heavy atom. The van der Waals surface area contributed by atoms with Gasteiger partial charge in [0.05, 0.1) is 23.5 Å². The normalized spacial score (nSPS) is 27.9. The summed E-state index contributed by atoms with van der Waals surface area (Å²) in [6.07, 6.45) is 24.2. The standard InChI is InChI=1S/C62H82N12O4S2/c1-7-55(75)71-25-27-73(43(36-71)15-22-63-3)57-48-12-19-61(21-14-53-41(31-61)17-29-79-53)32-51(48)65-60(68-57)78-39-46-30-42(35-70(46)6)50-40-80-54-34-62(18-11-47(50)54)20-13-49-52(33-62)66-59(77-38-45-10-9-24-69(45)5)67-58(49)74-28-26-72(56(76)8-2)37-44(74)16-23-64-4/h7-8,17,22-23,29,40,42-46H,1-2,9-16,18-21,24-28,30-39H2,3-6H3. The zero-order valence-electron chi connectivity index (χ0n) is 47.8. The number of hydrogen-bond acceptors (Lipinski definition) is 16. The number of nitrogens with zero attached hydrogens (tertiary/aromatic N) is 12. The van der Waals surface area contributed by atoms with Gasteiger partial charge in [0.25, 0.3) is 0 Å². The van der Waals surface area contributed by atoms with Crippen LogP contribution in [-0.4, -0.2) is 182 Å². The average Bonchev–Trinajstić information content (AvgIpc) is 4.37. The van der Waals surface area contributed by atoms with E-state index in [1.54, 1.807) is 15.3 Å². The van der Waals surface area contributed by atoms with Crippen molar-refractivity contribution in [2.24, 2.45) is 20.8 Å². The summed E-state index contributed by atoms with van der Waals surface area (Å²) in [5.41, 5.74) is 9.73. The van der Waals surface area contributed by atoms with Crippen LogP contribution in [0.5, 0.6) is 12.0 Å². The number of amides is 2. The highest BCUT2D eigenvalue weighted by Crippen LogP contribution is 2.51. The number of aromatic nitrogens is 4. The highest BCUT2D eigenvalue weighted by molar-refractivity contribution is 7.10. The number of aryl methyl sites for hydroxylation is 1. The number of likely N-dealkylation sites (tertiary alicyclic amines) is 2. The molecule has 4 saturated heterocycles. The number of likely N-dealkylation sites (N-methyl/N-ethyl adjacent to an activating group) is 2. The molecule has 0 radical (unpaired) electrons. The second-order valence-corrected chi connectivity index (χ2v) is 26.6. The summed E-state index contributed by atoms with van der Waals surface area (Å²) in [4.78, 5) is 72.4. The zero-order chi connectivity index (χ0) is 55.1. The maximum Gasteiger partial charge on any atom is 0.318 e. The van der Waals surface area contributed by atoms with Crippen molar-refractivity contribution in [2.45, 2.75) is 139 Å². The van der Waals surface area contributed by atoms with Crippen LogP contribution in [0.3, 0.4) is 0 Å². The van der Waals surface area contributed by atoms with Crippen molar-refractivity contribution in [1.29, 1.82) is 0 Å². The Morgan fingerprint density at radius 3 is 1.81 bits per heavy atom. The van der Waals surface area contributed by atoms with Gasteiger partial charge in [-0.05, 0) is 179 Å². The Balaban J connectivity index is 0.761. The lowest BCUT2D eigenvalue weighted by atomic mass is 9.64. The van der Waals surface area contributed by atoms with Gasteiger partial charge in [0.2, 0.25) is 11.8 Å². The minimum Gasteiger partial charge on any atom is -0.462 e. The monoisotopic (exact) mass is 1120 g/mol. The second-order valence-electron chi connectivity index (χ2n) is 24.6. The number of ether oxygens (including phenoxy) is 2. The maximum atomic E-state index is 12.9. The van der Waals surface area contributed by atoms with Gasteiger partial charge in [-0.2, -0.15) is 19.9 Å². The van der Waals surface area contributed by atoms with E-state index >= 15 is 0 Å². The second kappa shape index (κ2) is 23.4. The third-order valence-corrected chi connectivity index (χ3v) is 22.0. The van der Waals surface area contributed by atoms with Crippen LogP contribution in [0.1, 0.15) is 113 Å². The molecule has 4 aromatic heterocycles. The molecule has 4 fully saturated rings. The van der Waals surface area contributed by atoms with E-state index in [9.17, 15) is 9.59 Å². The number of fused-ring (bicyclic) bond motifs is 4. The molecule has 2 amide bonds. The smallest absolute Gasteiger partial charge is 0.318 e. The summed E-state index contributed by atoms with van der Waals surface area (Å²) >= 11 is 3.88. The summed E-state index contributed by atoms with van der Waals surface area (Å²) in [6.45, 7) is 14.5. The predicted octanol–water partition coefficient (Wildman–Crippen LogP) is 7.65. The minimum atomic E-state index is -0.0311. The van der Waals surface area contributed by atoms with Gasteiger partial charge in [-0.1, -0.05) is 13.2 Å². The lowest BCUT2D eigenvalue weighted by Crippen LogP contribution is -2.55. The number of aliphatic imine (C=N–C) groups is 2. The molecule has 7 unspecified atom stereocenters. The van der Waals surface area contributed by atoms with Crippen LogP contribution < -0.4 is 19.3 Å². The molecule has 7 atom stereocenters. The van der Waals surface area contributed by atoms with E-state index in [0.717, 1.165) is 126 Å². The molecule has 80 heavy (non-hydrogen) atoms. The molecule has 8 heterocycles. The molecule has 0 N–H and O–H groups in total. The van der Waals surface area contributed by atoms with Gasteiger partial charge in [0.15, 0.2) is 0 Å². The lowest BCUT2D eigenvalue weighted by Gasteiger charge is -2.45. The van der Waals surface area contributed by atoms with E-state index in [4.69, 9.17) is 29.4 Å². The van der Waals surface area contributed by atoms with Crippen LogP contribution in [-0.2, 0) is 61.0 Å². The number of carbonyl (C=O) groups excluding carboxylic acids is 2. The highest BCUT2D eigenvalue weighted by Gasteiger charge is 2.45. The van der Waals surface area contributed by atoms with Gasteiger partial charge < -0.3 is 44.0 Å². The third-order valence-electron chi connectivity index (χ3n) is 19.9. The highest BCUT2D eigenvalue weighted by atomic mass is 32.1. The van der Waals surface area contributed by atoms with Gasteiger partial charge in [-0.15, -0.1) is 22.7 Å². The quantitative estimate of drug-likeness (QED) is 0.0851. The van der Waals surface area contributed by atoms with E-state index in [0.29, 0.717) is 82.9 Å². The fraction of sp³-hybridized carbons (Fsp3) is 0.613. The van der Waals surface area contributed by atoms with Crippen LogP contribution >= 0.6 is 22.7 Å². The molecule has 16 nitrogen and oxygen atoms in total. The third kappa shape index (κ3) is 11.0. The van der Waals surface area contributed by atoms with Crippen LogP contribution in [0.4, 0.5) is 11.6 Å². The van der Waals surface area contributed by atoms with Crippen LogP contribution in [0.15, 0.2) is 52.1 Å². The van der Waals surface area contributed by atoms with Crippen LogP contribution in [0.2, 0.25) is 0 Å². The molecule has 2 spiro atoms. The molecule has 8 aliphatic rings. The van der Waals surface area contributed by atoms with Crippen molar-refractivity contribution in [3.63, 3.8) is 0 Å². The Morgan fingerprint density at radius 1 is 0.662 bits per heavy atom. The molecule has 4 aliphatic carbocycles. The van der Waals surface area contributed by atoms with Gasteiger partial charge in [-0.25, -0.2) is 0 Å². The molecule has 4 aliphatic heterocycles. The van der Waals surface area contributed by atoms with Crippen molar-refractivity contribution in [3.8, 4) is 12.0 Å². The van der Waals surface area contributed by atoms with Crippen molar-refractivity contribution in [2.75, 3.05) is 104 Å². The van der Waals surface area contributed by atoms with Crippen molar-refractivity contribution in [3.05, 3.63) is 91.1 Å². The summed E-state index contributed by atoms with van der Waals surface area (Å²) in [7, 11) is 8.08. The van der Waals surface area contributed by atoms with E-state index in [1.807, 2.05) is 59.0 Å². The molecule has 18 heteroatoms. The molecule has 0 bridgehead atoms. The molecule has 12 rings (SSSR count). The molecular weight excluding hydrogens is 1040 g/mol. The first-order valence-electron chi connectivity index (χ1n) is 29.7. The summed E-state index contributed by atoms with van der Waals surface area (Å²) < 4.78 is 13.4. The number of piperazine rings is 2. The van der Waals surface area contributed by atoms with E-state index < -0.39 is 0 Å². The van der Waals surface area contributed by atoms with Gasteiger partial charge in [0, 0.05) is 118 Å². The number of anilines is 2. The van der Waals surface area contributed by atoms with Crippen molar-refractivity contribution in [1.82, 2.24) is 39.5 Å². The van der Waals surface area contributed by atoms with Gasteiger partial charge in [-0.3, -0.25) is 14.5 Å². The summed E-state index contributed by atoms with van der Waals surface area (Å²) in [5, 5.41) is 4.76. The molecule has 426 valence electrons. The van der Waals surface area contributed by atoms with Crippen LogP contribution in [0, 0.1) is 10.8 Å². The molecule has 4 aromatic rings. The largest absolute Gasteiger partial charge is 0.462 e. The Bertz CT molecular complexity index is 3030. The fourth-order valence-corrected chi connectivity index (χ4v) is 17.5. The average molecular weight is 1120 g/mol. The first-order valence-corrected chi connectivity index (χ1v) is 31.5. The first kappa shape index (κ1) is 55.0. The number of carbonyl (C=O) groups is 2.